The van der Waals surface area contributed by atoms with Crippen LogP contribution in [0.25, 0.3) is 11.1 Å². The van der Waals surface area contributed by atoms with Crippen molar-refractivity contribution in [2.75, 3.05) is 13.7 Å². The number of carbonyl (C=O) groups excluding carboxylic acids is 1. The Morgan fingerprint density at radius 3 is 2.00 bits per heavy atom. The predicted molar refractivity (Wildman–Crippen MR) is 175 cm³/mol. The summed E-state index contributed by atoms with van der Waals surface area (Å²) in [7, 11) is 2.17. The van der Waals surface area contributed by atoms with Gasteiger partial charge in [0.1, 0.15) is 11.9 Å². The maximum absolute atomic E-state index is 12.5. The molecule has 232 valence electrons. The molecule has 4 heteroatoms. The maximum Gasteiger partial charge on any atom is 0.306 e. The standard InChI is InChI=1S/C38H57NO3/c1-7-8-9-12-29-14-16-30(17-15-29)31-18-20-32(21-19-31)33-22-24-34(25-23-33)41-26-11-10-13-36(40)42-35-27-37(2,3)39(6)38(4,5)28-35/h18-25,29-30,35H,7-17,26-28H2,1-6H3. The summed E-state index contributed by atoms with van der Waals surface area (Å²) in [4.78, 5) is 14.9. The Kier molecular flexibility index (Phi) is 11.6. The normalized spacial score (nSPS) is 22.5. The Bertz CT molecular complexity index is 1080. The molecule has 4 rings (SSSR count). The van der Waals surface area contributed by atoms with E-state index in [1.807, 2.05) is 0 Å². The molecule has 2 aliphatic rings. The molecule has 1 saturated heterocycles. The largest absolute Gasteiger partial charge is 0.494 e. The van der Waals surface area contributed by atoms with Crippen LogP contribution in [0.4, 0.5) is 0 Å². The molecule has 0 N–H and O–H groups in total. The highest BCUT2D eigenvalue weighted by molar-refractivity contribution is 5.69. The highest BCUT2D eigenvalue weighted by Gasteiger charge is 2.44. The fourth-order valence-electron chi connectivity index (χ4n) is 7.33. The Labute approximate surface area is 256 Å². The molecule has 2 aromatic rings. The van der Waals surface area contributed by atoms with Crippen LogP contribution in [-0.2, 0) is 9.53 Å². The van der Waals surface area contributed by atoms with Crippen LogP contribution in [-0.4, -0.2) is 41.7 Å². The van der Waals surface area contributed by atoms with E-state index in [1.54, 1.807) is 0 Å². The molecule has 1 aliphatic heterocycles. The molecule has 0 unspecified atom stereocenters. The third-order valence-electron chi connectivity index (χ3n) is 10.2. The van der Waals surface area contributed by atoms with Gasteiger partial charge in [-0.15, -0.1) is 0 Å². The fraction of sp³-hybridized carbons (Fsp3) is 0.658. The highest BCUT2D eigenvalue weighted by Crippen LogP contribution is 2.39. The summed E-state index contributed by atoms with van der Waals surface area (Å²) >= 11 is 0. The molecular formula is C38H57NO3. The van der Waals surface area contributed by atoms with Crippen LogP contribution in [0.2, 0.25) is 0 Å². The Hall–Kier alpha value is -2.33. The number of unbranched alkanes of at least 4 members (excludes halogenated alkanes) is 3. The summed E-state index contributed by atoms with van der Waals surface area (Å²) in [6.45, 7) is 11.8. The van der Waals surface area contributed by atoms with Crippen molar-refractivity contribution < 1.29 is 14.3 Å². The number of carbonyl (C=O) groups is 1. The first kappa shape index (κ1) is 32.6. The van der Waals surface area contributed by atoms with Crippen LogP contribution in [0.1, 0.15) is 130 Å². The molecule has 0 radical (unpaired) electrons. The van der Waals surface area contributed by atoms with Gasteiger partial charge >= 0.3 is 5.97 Å². The van der Waals surface area contributed by atoms with Crippen LogP contribution < -0.4 is 4.74 Å². The van der Waals surface area contributed by atoms with Gasteiger partial charge in [-0.1, -0.05) is 69.0 Å². The smallest absolute Gasteiger partial charge is 0.306 e. The summed E-state index contributed by atoms with van der Waals surface area (Å²) in [5, 5.41) is 0. The third kappa shape index (κ3) is 9.09. The summed E-state index contributed by atoms with van der Waals surface area (Å²) in [6, 6.07) is 17.7. The van der Waals surface area contributed by atoms with Crippen molar-refractivity contribution in [2.24, 2.45) is 5.92 Å². The lowest BCUT2D eigenvalue weighted by Gasteiger charge is -2.53. The molecule has 2 aromatic carbocycles. The quantitative estimate of drug-likeness (QED) is 0.176. The van der Waals surface area contributed by atoms with Crippen molar-refractivity contribution in [3.8, 4) is 16.9 Å². The zero-order valence-corrected chi connectivity index (χ0v) is 27.4. The van der Waals surface area contributed by atoms with E-state index >= 15 is 0 Å². The summed E-state index contributed by atoms with van der Waals surface area (Å²) in [5.41, 5.74) is 4.02. The molecule has 0 bridgehead atoms. The monoisotopic (exact) mass is 575 g/mol. The molecule has 0 atom stereocenters. The van der Waals surface area contributed by atoms with E-state index in [2.05, 4.69) is 95.1 Å². The number of piperidine rings is 1. The average molecular weight is 576 g/mol. The minimum absolute atomic E-state index is 0.00945. The minimum Gasteiger partial charge on any atom is -0.494 e. The number of nitrogens with zero attached hydrogens (tertiary/aromatic N) is 1. The van der Waals surface area contributed by atoms with Crippen molar-refractivity contribution in [3.63, 3.8) is 0 Å². The number of hydrogen-bond donors (Lipinski definition) is 0. The summed E-state index contributed by atoms with van der Waals surface area (Å²) in [6.07, 6.45) is 14.9. The van der Waals surface area contributed by atoms with E-state index in [9.17, 15) is 4.79 Å². The van der Waals surface area contributed by atoms with E-state index in [0.29, 0.717) is 13.0 Å². The lowest BCUT2D eigenvalue weighted by molar-refractivity contribution is -0.159. The molecule has 0 aromatic heterocycles. The van der Waals surface area contributed by atoms with E-state index in [0.717, 1.165) is 43.3 Å². The fourth-order valence-corrected chi connectivity index (χ4v) is 7.33. The molecule has 4 nitrogen and oxygen atoms in total. The number of hydrogen-bond acceptors (Lipinski definition) is 4. The molecule has 42 heavy (non-hydrogen) atoms. The van der Waals surface area contributed by atoms with Crippen LogP contribution in [0, 0.1) is 5.92 Å². The third-order valence-corrected chi connectivity index (χ3v) is 10.2. The van der Waals surface area contributed by atoms with Gasteiger partial charge in [0.25, 0.3) is 0 Å². The van der Waals surface area contributed by atoms with E-state index in [-0.39, 0.29) is 23.2 Å². The van der Waals surface area contributed by atoms with E-state index in [4.69, 9.17) is 9.47 Å². The lowest BCUT2D eigenvalue weighted by Crippen LogP contribution is -2.60. The highest BCUT2D eigenvalue weighted by atomic mass is 16.5. The van der Waals surface area contributed by atoms with E-state index in [1.165, 1.54) is 68.1 Å². The van der Waals surface area contributed by atoms with Crippen molar-refractivity contribution in [3.05, 3.63) is 54.1 Å². The first-order valence-electron chi connectivity index (χ1n) is 16.8. The van der Waals surface area contributed by atoms with Crippen LogP contribution in [0.5, 0.6) is 5.75 Å². The average Bonchev–Trinajstić information content (AvgIpc) is 2.96. The van der Waals surface area contributed by atoms with Crippen LogP contribution >= 0.6 is 0 Å². The maximum atomic E-state index is 12.5. The van der Waals surface area contributed by atoms with Crippen molar-refractivity contribution in [1.82, 2.24) is 4.90 Å². The van der Waals surface area contributed by atoms with Gasteiger partial charge in [0.15, 0.2) is 0 Å². The number of likely N-dealkylation sites (tertiary alicyclic amines) is 1. The second kappa shape index (κ2) is 14.9. The zero-order valence-electron chi connectivity index (χ0n) is 27.4. The van der Waals surface area contributed by atoms with Gasteiger partial charge < -0.3 is 9.47 Å². The molecule has 0 amide bonds. The van der Waals surface area contributed by atoms with Gasteiger partial charge in [0.2, 0.25) is 0 Å². The molecule has 1 heterocycles. The second-order valence-electron chi connectivity index (χ2n) is 14.4. The van der Waals surface area contributed by atoms with Crippen molar-refractivity contribution >= 4 is 5.97 Å². The summed E-state index contributed by atoms with van der Waals surface area (Å²) in [5.74, 6) is 2.48. The molecule has 2 fully saturated rings. The molecule has 1 saturated carbocycles. The van der Waals surface area contributed by atoms with Gasteiger partial charge in [-0.3, -0.25) is 9.69 Å². The SMILES string of the molecule is CCCCCC1CCC(c2ccc(-c3ccc(OCCCCC(=O)OC4CC(C)(C)N(C)C(C)(C)C4)cc3)cc2)CC1. The Morgan fingerprint density at radius 2 is 1.40 bits per heavy atom. The number of benzene rings is 2. The first-order chi connectivity index (χ1) is 20.1. The van der Waals surface area contributed by atoms with Gasteiger partial charge in [0, 0.05) is 30.3 Å². The topological polar surface area (TPSA) is 38.8 Å². The van der Waals surface area contributed by atoms with Crippen LogP contribution in [0.15, 0.2) is 48.5 Å². The van der Waals surface area contributed by atoms with Crippen LogP contribution in [0.3, 0.4) is 0 Å². The number of ether oxygens (including phenoxy) is 2. The second-order valence-corrected chi connectivity index (χ2v) is 14.4. The van der Waals surface area contributed by atoms with Gasteiger partial charge in [0.05, 0.1) is 6.61 Å². The minimum atomic E-state index is -0.0818. The van der Waals surface area contributed by atoms with Gasteiger partial charge in [-0.2, -0.15) is 0 Å². The Balaban J connectivity index is 1.14. The van der Waals surface area contributed by atoms with Gasteiger partial charge in [-0.25, -0.2) is 0 Å². The number of esters is 1. The summed E-state index contributed by atoms with van der Waals surface area (Å²) < 4.78 is 11.9. The van der Waals surface area contributed by atoms with Crippen molar-refractivity contribution in [2.45, 2.75) is 141 Å². The predicted octanol–water partition coefficient (Wildman–Crippen LogP) is 9.95. The Morgan fingerprint density at radius 1 is 0.810 bits per heavy atom. The van der Waals surface area contributed by atoms with Crippen molar-refractivity contribution in [1.29, 1.82) is 0 Å². The van der Waals surface area contributed by atoms with E-state index < -0.39 is 0 Å². The molecule has 0 spiro atoms. The molecular weight excluding hydrogens is 518 g/mol. The lowest BCUT2D eigenvalue weighted by atomic mass is 9.77. The first-order valence-corrected chi connectivity index (χ1v) is 16.8. The zero-order chi connectivity index (χ0) is 30.2. The number of rotatable bonds is 13. The molecule has 1 aliphatic carbocycles. The van der Waals surface area contributed by atoms with Gasteiger partial charge in [-0.05, 0) is 114 Å².